The molecule has 176 valence electrons. The van der Waals surface area contributed by atoms with E-state index in [9.17, 15) is 13.2 Å². The lowest BCUT2D eigenvalue weighted by molar-refractivity contribution is -0.123. The number of piperidine rings is 1. The largest absolute Gasteiger partial charge is 0.282 e. The van der Waals surface area contributed by atoms with Crippen LogP contribution in [0.25, 0.3) is 10.2 Å². The first-order valence-corrected chi connectivity index (χ1v) is 14.2. The Hall–Kier alpha value is -2.66. The Kier molecular flexibility index (Phi) is 6.48. The first-order valence-electron chi connectivity index (χ1n) is 11.0. The highest BCUT2D eigenvalue weighted by Gasteiger charge is 2.35. The number of nitrogens with zero attached hydrogens (tertiary/aromatic N) is 4. The van der Waals surface area contributed by atoms with Gasteiger partial charge in [0.2, 0.25) is 5.91 Å². The molecule has 1 fully saturated rings. The predicted molar refractivity (Wildman–Crippen MR) is 136 cm³/mol. The second-order valence-electron chi connectivity index (χ2n) is 8.32. The van der Waals surface area contributed by atoms with Crippen molar-refractivity contribution < 1.29 is 13.2 Å². The molecule has 1 aromatic carbocycles. The molecule has 0 saturated carbocycles. The number of carbonyl (C=O) groups is 1. The van der Waals surface area contributed by atoms with Gasteiger partial charge in [0.15, 0.2) is 5.13 Å². The molecule has 0 radical (unpaired) electrons. The molecular formula is C24H24N4O3S3. The lowest BCUT2D eigenvalue weighted by Crippen LogP contribution is -2.44. The molecule has 0 spiro atoms. The molecule has 5 rings (SSSR count). The van der Waals surface area contributed by atoms with Crippen LogP contribution in [0.1, 0.15) is 24.1 Å². The third-order valence-electron chi connectivity index (χ3n) is 5.97. The summed E-state index contributed by atoms with van der Waals surface area (Å²) in [6.07, 6.45) is 2.67. The predicted octanol–water partition coefficient (Wildman–Crippen LogP) is 4.70. The Morgan fingerprint density at radius 3 is 2.68 bits per heavy atom. The minimum absolute atomic E-state index is 0.0328. The van der Waals surface area contributed by atoms with Crippen molar-refractivity contribution in [3.63, 3.8) is 0 Å². The van der Waals surface area contributed by atoms with Crippen molar-refractivity contribution in [1.29, 1.82) is 0 Å². The van der Waals surface area contributed by atoms with Crippen LogP contribution in [0.2, 0.25) is 0 Å². The van der Waals surface area contributed by atoms with E-state index in [0.29, 0.717) is 41.8 Å². The zero-order valence-corrected chi connectivity index (χ0v) is 21.1. The number of aromatic nitrogens is 2. The van der Waals surface area contributed by atoms with Crippen molar-refractivity contribution in [3.05, 3.63) is 71.4 Å². The maximum atomic E-state index is 13.7. The third kappa shape index (κ3) is 4.63. The highest BCUT2D eigenvalue weighted by molar-refractivity contribution is 7.91. The van der Waals surface area contributed by atoms with Crippen molar-refractivity contribution >= 4 is 54.0 Å². The van der Waals surface area contributed by atoms with Crippen LogP contribution in [0, 0.1) is 12.8 Å². The highest BCUT2D eigenvalue weighted by Crippen LogP contribution is 2.33. The first-order chi connectivity index (χ1) is 16.4. The number of benzene rings is 1. The molecule has 4 aromatic rings. The molecule has 34 heavy (non-hydrogen) atoms. The van der Waals surface area contributed by atoms with Crippen LogP contribution >= 0.6 is 22.7 Å². The zero-order chi connectivity index (χ0) is 23.7. The maximum Gasteiger partial charge on any atom is 0.252 e. The van der Waals surface area contributed by atoms with E-state index >= 15 is 0 Å². The summed E-state index contributed by atoms with van der Waals surface area (Å²) < 4.78 is 28.6. The van der Waals surface area contributed by atoms with Crippen LogP contribution in [0.5, 0.6) is 0 Å². The van der Waals surface area contributed by atoms with Crippen molar-refractivity contribution in [2.24, 2.45) is 5.92 Å². The third-order valence-corrected chi connectivity index (χ3v) is 10.3. The molecule has 0 unspecified atom stereocenters. The van der Waals surface area contributed by atoms with Gasteiger partial charge in [-0.1, -0.05) is 29.5 Å². The minimum Gasteiger partial charge on any atom is -0.282 e. The van der Waals surface area contributed by atoms with Gasteiger partial charge in [-0.15, -0.1) is 11.3 Å². The van der Waals surface area contributed by atoms with Crippen molar-refractivity contribution in [2.75, 3.05) is 18.0 Å². The first kappa shape index (κ1) is 23.1. The fourth-order valence-electron chi connectivity index (χ4n) is 4.13. The summed E-state index contributed by atoms with van der Waals surface area (Å²) in [5, 5.41) is 2.41. The Bertz CT molecular complexity index is 1390. The Balaban J connectivity index is 1.38. The molecule has 0 N–H and O–H groups in total. The average molecular weight is 513 g/mol. The van der Waals surface area contributed by atoms with Crippen LogP contribution in [0.4, 0.5) is 5.13 Å². The number of aryl methyl sites for hydroxylation is 1. The summed E-state index contributed by atoms with van der Waals surface area (Å²) in [5.74, 6) is -0.304. The van der Waals surface area contributed by atoms with Crippen LogP contribution < -0.4 is 4.90 Å². The van der Waals surface area contributed by atoms with Crippen molar-refractivity contribution in [1.82, 2.24) is 14.3 Å². The summed E-state index contributed by atoms with van der Waals surface area (Å²) in [6.45, 7) is 3.01. The average Bonchev–Trinajstić information content (AvgIpc) is 3.53. The number of pyridine rings is 1. The highest BCUT2D eigenvalue weighted by atomic mass is 32.2. The van der Waals surface area contributed by atoms with Crippen LogP contribution in [-0.4, -0.2) is 41.7 Å². The molecule has 3 aromatic heterocycles. The number of amides is 1. The Morgan fingerprint density at radius 1 is 1.15 bits per heavy atom. The number of hydrogen-bond acceptors (Lipinski definition) is 7. The van der Waals surface area contributed by atoms with Gasteiger partial charge in [0, 0.05) is 25.2 Å². The monoisotopic (exact) mass is 512 g/mol. The number of carbonyl (C=O) groups excluding carboxylic acids is 1. The van der Waals surface area contributed by atoms with Crippen molar-refractivity contribution in [2.45, 2.75) is 30.5 Å². The summed E-state index contributed by atoms with van der Waals surface area (Å²) in [6, 6.07) is 15.1. The van der Waals surface area contributed by atoms with E-state index < -0.39 is 10.0 Å². The second kappa shape index (κ2) is 9.53. The Morgan fingerprint density at radius 2 is 1.97 bits per heavy atom. The molecule has 4 heterocycles. The molecule has 1 aliphatic rings. The number of anilines is 1. The number of thiazole rings is 1. The molecule has 7 nitrogen and oxygen atoms in total. The molecule has 0 aliphatic carbocycles. The SMILES string of the molecule is Cc1ccc2nc(N(Cc3ccccn3)C(=O)C3CCN(S(=O)(=O)c4cccs4)CC3)sc2c1. The van der Waals surface area contributed by atoms with Gasteiger partial charge in [0.25, 0.3) is 10.0 Å². The quantitative estimate of drug-likeness (QED) is 0.374. The number of hydrogen-bond donors (Lipinski definition) is 0. The van der Waals surface area contributed by atoms with Gasteiger partial charge in [0.1, 0.15) is 4.21 Å². The minimum atomic E-state index is -3.50. The number of thiophene rings is 1. The summed E-state index contributed by atoms with van der Waals surface area (Å²) in [7, 11) is -3.50. The lowest BCUT2D eigenvalue weighted by atomic mass is 9.96. The molecule has 10 heteroatoms. The van der Waals surface area contributed by atoms with E-state index in [-0.39, 0.29) is 11.8 Å². The van der Waals surface area contributed by atoms with Crippen LogP contribution in [-0.2, 0) is 21.4 Å². The molecular weight excluding hydrogens is 488 g/mol. The molecule has 1 saturated heterocycles. The topological polar surface area (TPSA) is 83.5 Å². The molecule has 1 aliphatic heterocycles. The standard InChI is InChI=1S/C24H24N4O3S3/c1-17-7-8-20-21(15-17)33-24(26-20)28(16-19-5-2-3-11-25-19)23(29)18-9-12-27(13-10-18)34(30,31)22-6-4-14-32-22/h2-8,11,14-15,18H,9-10,12-13,16H2,1H3. The van der Waals surface area contributed by atoms with E-state index in [2.05, 4.69) is 11.1 Å². The van der Waals surface area contributed by atoms with Gasteiger partial charge >= 0.3 is 0 Å². The van der Waals surface area contributed by atoms with E-state index in [1.165, 1.54) is 27.0 Å². The van der Waals surface area contributed by atoms with E-state index in [4.69, 9.17) is 4.98 Å². The Labute approximate surface area is 206 Å². The molecule has 1 amide bonds. The second-order valence-corrected chi connectivity index (χ2v) is 12.4. The van der Waals surface area contributed by atoms with Gasteiger partial charge in [0.05, 0.1) is 22.5 Å². The van der Waals surface area contributed by atoms with E-state index in [0.717, 1.165) is 21.5 Å². The smallest absolute Gasteiger partial charge is 0.252 e. The number of fused-ring (bicyclic) bond motifs is 1. The van der Waals surface area contributed by atoms with E-state index in [1.54, 1.807) is 28.6 Å². The number of sulfonamides is 1. The number of rotatable bonds is 6. The van der Waals surface area contributed by atoms with Gasteiger partial charge in [-0.3, -0.25) is 14.7 Å². The van der Waals surface area contributed by atoms with Gasteiger partial charge < -0.3 is 0 Å². The van der Waals surface area contributed by atoms with Crippen LogP contribution in [0.3, 0.4) is 0 Å². The summed E-state index contributed by atoms with van der Waals surface area (Å²) in [5.41, 5.74) is 2.79. The van der Waals surface area contributed by atoms with E-state index in [1.807, 2.05) is 37.3 Å². The summed E-state index contributed by atoms with van der Waals surface area (Å²) in [4.78, 5) is 24.6. The van der Waals surface area contributed by atoms with Crippen molar-refractivity contribution in [3.8, 4) is 0 Å². The van der Waals surface area contributed by atoms with Gasteiger partial charge in [-0.2, -0.15) is 4.31 Å². The molecule has 0 bridgehead atoms. The van der Waals surface area contributed by atoms with Gasteiger partial charge in [-0.25, -0.2) is 13.4 Å². The fraction of sp³-hybridized carbons (Fsp3) is 0.292. The lowest BCUT2D eigenvalue weighted by Gasteiger charge is -2.32. The maximum absolute atomic E-state index is 13.7. The zero-order valence-electron chi connectivity index (χ0n) is 18.6. The molecule has 0 atom stereocenters. The summed E-state index contributed by atoms with van der Waals surface area (Å²) >= 11 is 2.71. The van der Waals surface area contributed by atoms with Gasteiger partial charge in [-0.05, 0) is 61.0 Å². The fourth-order valence-corrected chi connectivity index (χ4v) is 7.81. The normalized spacial score (nSPS) is 15.6. The van der Waals surface area contributed by atoms with Crippen LogP contribution in [0.15, 0.2) is 64.3 Å².